The van der Waals surface area contributed by atoms with Crippen LogP contribution >= 0.6 is 0 Å². The summed E-state index contributed by atoms with van der Waals surface area (Å²) >= 11 is 0. The number of aryl methyl sites for hydroxylation is 2. The lowest BCUT2D eigenvalue weighted by Gasteiger charge is -2.20. The van der Waals surface area contributed by atoms with Crippen molar-refractivity contribution < 1.29 is 13.2 Å². The molecule has 2 unspecified atom stereocenters. The maximum Gasteiger partial charge on any atom is 0.128 e. The Morgan fingerprint density at radius 2 is 1.70 bits per heavy atom. The molecule has 0 aliphatic heterocycles. The van der Waals surface area contributed by atoms with E-state index in [4.69, 9.17) is 4.42 Å². The highest BCUT2D eigenvalue weighted by molar-refractivity contribution is 5.27. The summed E-state index contributed by atoms with van der Waals surface area (Å²) in [7, 11) is 0. The van der Waals surface area contributed by atoms with Crippen molar-refractivity contribution in [3.05, 3.63) is 58.5 Å². The van der Waals surface area contributed by atoms with Gasteiger partial charge in [-0.05, 0) is 57.5 Å². The molecule has 0 aliphatic rings. The van der Waals surface area contributed by atoms with Crippen LogP contribution in [0.3, 0.4) is 0 Å². The van der Waals surface area contributed by atoms with Crippen molar-refractivity contribution in [3.8, 4) is 0 Å². The van der Waals surface area contributed by atoms with E-state index in [1.54, 1.807) is 13.8 Å². The van der Waals surface area contributed by atoms with Crippen molar-refractivity contribution >= 4 is 0 Å². The van der Waals surface area contributed by atoms with Crippen molar-refractivity contribution in [2.75, 3.05) is 0 Å². The summed E-state index contributed by atoms with van der Waals surface area (Å²) in [5.74, 6) is 0.819. The molecule has 1 aromatic carbocycles. The van der Waals surface area contributed by atoms with Gasteiger partial charge in [0.2, 0.25) is 0 Å². The van der Waals surface area contributed by atoms with E-state index in [0.29, 0.717) is 11.1 Å². The molecule has 0 aliphatic carbocycles. The van der Waals surface area contributed by atoms with Crippen LogP contribution in [0.4, 0.5) is 8.78 Å². The van der Waals surface area contributed by atoms with Gasteiger partial charge in [-0.25, -0.2) is 8.78 Å². The van der Waals surface area contributed by atoms with E-state index in [0.717, 1.165) is 11.5 Å². The van der Waals surface area contributed by atoms with Gasteiger partial charge in [0.25, 0.3) is 0 Å². The van der Waals surface area contributed by atoms with Crippen molar-refractivity contribution in [1.82, 2.24) is 5.32 Å². The van der Waals surface area contributed by atoms with Gasteiger partial charge in [0, 0.05) is 11.6 Å². The molecule has 0 saturated heterocycles. The number of hydrogen-bond donors (Lipinski definition) is 1. The average Bonchev–Trinajstić information content (AvgIpc) is 2.80. The summed E-state index contributed by atoms with van der Waals surface area (Å²) < 4.78 is 33.0. The Bertz CT molecular complexity index is 607. The molecule has 2 atom stereocenters. The fourth-order valence-electron chi connectivity index (χ4n) is 2.23. The van der Waals surface area contributed by atoms with Crippen molar-refractivity contribution in [1.29, 1.82) is 0 Å². The SMILES string of the molecule is Cc1ccc(C(C)NC(C)c2cc(F)c(C)cc2F)o1. The first-order valence-electron chi connectivity index (χ1n) is 6.66. The fraction of sp³-hybridized carbons (Fsp3) is 0.375. The third-order valence-corrected chi connectivity index (χ3v) is 3.43. The predicted octanol–water partition coefficient (Wildman–Crippen LogP) is 4.59. The molecule has 1 aromatic heterocycles. The van der Waals surface area contributed by atoms with Crippen LogP contribution in [0.25, 0.3) is 0 Å². The maximum absolute atomic E-state index is 13.9. The Hall–Kier alpha value is -1.68. The molecule has 2 aromatic rings. The van der Waals surface area contributed by atoms with Gasteiger partial charge in [0.15, 0.2) is 0 Å². The van der Waals surface area contributed by atoms with Gasteiger partial charge in [0.05, 0.1) is 6.04 Å². The number of nitrogens with one attached hydrogen (secondary N) is 1. The first-order valence-corrected chi connectivity index (χ1v) is 6.66. The average molecular weight is 279 g/mol. The quantitative estimate of drug-likeness (QED) is 0.885. The zero-order chi connectivity index (χ0) is 14.9. The molecule has 1 N–H and O–H groups in total. The summed E-state index contributed by atoms with van der Waals surface area (Å²) in [5, 5.41) is 3.21. The van der Waals surface area contributed by atoms with Gasteiger partial charge >= 0.3 is 0 Å². The molecular weight excluding hydrogens is 260 g/mol. The maximum atomic E-state index is 13.9. The third-order valence-electron chi connectivity index (χ3n) is 3.43. The number of rotatable bonds is 4. The van der Waals surface area contributed by atoms with E-state index in [9.17, 15) is 8.78 Å². The van der Waals surface area contributed by atoms with Crippen molar-refractivity contribution in [2.24, 2.45) is 0 Å². The molecular formula is C16H19F2NO. The molecule has 0 bridgehead atoms. The number of halogens is 2. The van der Waals surface area contributed by atoms with Gasteiger partial charge in [-0.15, -0.1) is 0 Å². The number of hydrogen-bond acceptors (Lipinski definition) is 2. The zero-order valence-corrected chi connectivity index (χ0v) is 12.1. The lowest BCUT2D eigenvalue weighted by atomic mass is 10.0. The molecule has 20 heavy (non-hydrogen) atoms. The predicted molar refractivity (Wildman–Crippen MR) is 74.5 cm³/mol. The van der Waals surface area contributed by atoms with E-state index in [1.165, 1.54) is 12.1 Å². The summed E-state index contributed by atoms with van der Waals surface area (Å²) in [5.41, 5.74) is 0.636. The summed E-state index contributed by atoms with van der Waals surface area (Å²) in [6, 6.07) is 5.84. The fourth-order valence-corrected chi connectivity index (χ4v) is 2.23. The Morgan fingerprint density at radius 3 is 2.30 bits per heavy atom. The summed E-state index contributed by atoms with van der Waals surface area (Å²) in [4.78, 5) is 0. The molecule has 2 nitrogen and oxygen atoms in total. The van der Waals surface area contributed by atoms with Crippen LogP contribution < -0.4 is 5.32 Å². The zero-order valence-electron chi connectivity index (χ0n) is 12.1. The minimum Gasteiger partial charge on any atom is -0.465 e. The Morgan fingerprint density at radius 1 is 1.00 bits per heavy atom. The molecule has 0 radical (unpaired) electrons. The molecule has 0 fully saturated rings. The second-order valence-corrected chi connectivity index (χ2v) is 5.18. The van der Waals surface area contributed by atoms with Crippen molar-refractivity contribution in [3.63, 3.8) is 0 Å². The van der Waals surface area contributed by atoms with Crippen LogP contribution in [0.2, 0.25) is 0 Å². The molecule has 0 saturated carbocycles. The van der Waals surface area contributed by atoms with Crippen LogP contribution in [0.5, 0.6) is 0 Å². The van der Waals surface area contributed by atoms with E-state index < -0.39 is 11.6 Å². The van der Waals surface area contributed by atoms with Crippen molar-refractivity contribution in [2.45, 2.75) is 39.8 Å². The van der Waals surface area contributed by atoms with Crippen LogP contribution in [0, 0.1) is 25.5 Å². The highest BCUT2D eigenvalue weighted by atomic mass is 19.1. The first kappa shape index (κ1) is 14.7. The Balaban J connectivity index is 2.16. The third kappa shape index (κ3) is 3.07. The Kier molecular flexibility index (Phi) is 4.23. The van der Waals surface area contributed by atoms with Gasteiger partial charge < -0.3 is 9.73 Å². The Labute approximate surface area is 117 Å². The van der Waals surface area contributed by atoms with E-state index in [1.807, 2.05) is 26.0 Å². The molecule has 4 heteroatoms. The standard InChI is InChI=1S/C16H19F2NO/c1-9-7-15(18)13(8-14(9)17)11(3)19-12(4)16-6-5-10(2)20-16/h5-8,11-12,19H,1-4H3. The van der Waals surface area contributed by atoms with Crippen LogP contribution in [-0.4, -0.2) is 0 Å². The largest absolute Gasteiger partial charge is 0.465 e. The molecule has 1 heterocycles. The van der Waals surface area contributed by atoms with Gasteiger partial charge in [0.1, 0.15) is 23.2 Å². The lowest BCUT2D eigenvalue weighted by molar-refractivity contribution is 0.387. The van der Waals surface area contributed by atoms with E-state index in [2.05, 4.69) is 5.32 Å². The van der Waals surface area contributed by atoms with E-state index >= 15 is 0 Å². The highest BCUT2D eigenvalue weighted by Gasteiger charge is 2.18. The van der Waals surface area contributed by atoms with Gasteiger partial charge in [-0.2, -0.15) is 0 Å². The minimum atomic E-state index is -0.397. The molecule has 2 rings (SSSR count). The van der Waals surface area contributed by atoms with E-state index in [-0.39, 0.29) is 12.1 Å². The number of furan rings is 1. The second kappa shape index (κ2) is 5.75. The smallest absolute Gasteiger partial charge is 0.128 e. The second-order valence-electron chi connectivity index (χ2n) is 5.18. The molecule has 0 spiro atoms. The lowest BCUT2D eigenvalue weighted by Crippen LogP contribution is -2.23. The topological polar surface area (TPSA) is 25.2 Å². The highest BCUT2D eigenvalue weighted by Crippen LogP contribution is 2.24. The molecule has 108 valence electrons. The first-order chi connectivity index (χ1) is 9.38. The number of benzene rings is 1. The van der Waals surface area contributed by atoms with Crippen LogP contribution in [0.15, 0.2) is 28.7 Å². The van der Waals surface area contributed by atoms with Crippen LogP contribution in [-0.2, 0) is 0 Å². The molecule has 0 amide bonds. The minimum absolute atomic E-state index is 0.0811. The van der Waals surface area contributed by atoms with Gasteiger partial charge in [-0.3, -0.25) is 0 Å². The van der Waals surface area contributed by atoms with Gasteiger partial charge in [-0.1, -0.05) is 0 Å². The summed E-state index contributed by atoms with van der Waals surface area (Å²) in [6.45, 7) is 7.15. The summed E-state index contributed by atoms with van der Waals surface area (Å²) in [6.07, 6.45) is 0. The normalized spacial score (nSPS) is 14.3. The monoisotopic (exact) mass is 279 g/mol. The van der Waals surface area contributed by atoms with Crippen LogP contribution in [0.1, 0.15) is 48.6 Å².